The first-order chi connectivity index (χ1) is 12.0. The van der Waals surface area contributed by atoms with Gasteiger partial charge in [-0.15, -0.1) is 0 Å². The first-order valence-electron chi connectivity index (χ1n) is 7.34. The number of halogens is 4. The highest BCUT2D eigenvalue weighted by molar-refractivity contribution is 7.89. The Bertz CT molecular complexity index is 852. The Hall–Kier alpha value is -1.85. The van der Waals surface area contributed by atoms with Crippen molar-refractivity contribution < 1.29 is 35.9 Å². The quantitative estimate of drug-likeness (QED) is 0.754. The second kappa shape index (κ2) is 6.39. The topological polar surface area (TPSA) is 84.0 Å². The summed E-state index contributed by atoms with van der Waals surface area (Å²) in [6.45, 7) is -0.399. The lowest BCUT2D eigenvalue weighted by atomic mass is 10.0. The second-order valence-corrected chi connectivity index (χ2v) is 8.23. The SMILES string of the molecule is O=C1COC(=O)N1CC1CN(S(=O)(=O)c2ccc(Cl)c(C(F)(F)F)c2)C1. The largest absolute Gasteiger partial charge is 0.439 e. The molecule has 0 atom stereocenters. The van der Waals surface area contributed by atoms with Crippen molar-refractivity contribution >= 4 is 33.6 Å². The van der Waals surface area contributed by atoms with E-state index in [0.717, 1.165) is 21.3 Å². The van der Waals surface area contributed by atoms with Crippen molar-refractivity contribution in [2.45, 2.75) is 11.1 Å². The summed E-state index contributed by atoms with van der Waals surface area (Å²) in [6, 6.07) is 2.38. The molecule has 0 radical (unpaired) electrons. The molecule has 142 valence electrons. The van der Waals surface area contributed by atoms with Gasteiger partial charge >= 0.3 is 12.3 Å². The summed E-state index contributed by atoms with van der Waals surface area (Å²) in [5, 5.41) is -0.594. The van der Waals surface area contributed by atoms with E-state index >= 15 is 0 Å². The lowest BCUT2D eigenvalue weighted by molar-refractivity contribution is -0.137. The smallest absolute Gasteiger partial charge is 0.417 e. The number of hydrogen-bond donors (Lipinski definition) is 0. The van der Waals surface area contributed by atoms with E-state index in [1.807, 2.05) is 0 Å². The van der Waals surface area contributed by atoms with Crippen molar-refractivity contribution in [2.75, 3.05) is 26.2 Å². The van der Waals surface area contributed by atoms with Gasteiger partial charge in [-0.1, -0.05) is 11.6 Å². The Morgan fingerprint density at radius 1 is 1.23 bits per heavy atom. The van der Waals surface area contributed by atoms with Gasteiger partial charge in [0.15, 0.2) is 6.61 Å². The van der Waals surface area contributed by atoms with Crippen molar-refractivity contribution in [1.29, 1.82) is 0 Å². The summed E-state index contributed by atoms with van der Waals surface area (Å²) in [7, 11) is -4.14. The number of amides is 2. The third kappa shape index (κ3) is 3.38. The van der Waals surface area contributed by atoms with Gasteiger partial charge in [0.1, 0.15) is 0 Å². The van der Waals surface area contributed by atoms with E-state index in [1.54, 1.807) is 0 Å². The predicted octanol–water partition coefficient (Wildman–Crippen LogP) is 1.96. The maximum Gasteiger partial charge on any atom is 0.417 e. The Labute approximate surface area is 151 Å². The minimum atomic E-state index is -4.78. The van der Waals surface area contributed by atoms with Crippen LogP contribution in [0.3, 0.4) is 0 Å². The summed E-state index contributed by atoms with van der Waals surface area (Å²) in [5.74, 6) is -0.822. The van der Waals surface area contributed by atoms with Gasteiger partial charge in [-0.3, -0.25) is 4.79 Å². The van der Waals surface area contributed by atoms with Gasteiger partial charge in [-0.2, -0.15) is 17.5 Å². The third-order valence-corrected chi connectivity index (χ3v) is 6.24. The fraction of sp³-hybridized carbons (Fsp3) is 0.429. The molecule has 0 unspecified atom stereocenters. The van der Waals surface area contributed by atoms with Crippen LogP contribution >= 0.6 is 11.6 Å². The van der Waals surface area contributed by atoms with E-state index < -0.39 is 43.7 Å². The van der Waals surface area contributed by atoms with Crippen LogP contribution in [0, 0.1) is 5.92 Å². The molecular formula is C14H12ClF3N2O5S. The van der Waals surface area contributed by atoms with Crippen molar-refractivity contribution in [3.8, 4) is 0 Å². The number of carbonyl (C=O) groups excluding carboxylic acids is 2. The first-order valence-corrected chi connectivity index (χ1v) is 9.16. The van der Waals surface area contributed by atoms with E-state index in [-0.39, 0.29) is 32.2 Å². The molecule has 2 aliphatic heterocycles. The van der Waals surface area contributed by atoms with E-state index in [9.17, 15) is 31.2 Å². The van der Waals surface area contributed by atoms with E-state index in [2.05, 4.69) is 4.74 Å². The molecule has 2 fully saturated rings. The molecule has 2 amide bonds. The normalized spacial score (nSPS) is 19.6. The predicted molar refractivity (Wildman–Crippen MR) is 81.8 cm³/mol. The van der Waals surface area contributed by atoms with Crippen LogP contribution in [0.15, 0.2) is 23.1 Å². The number of alkyl halides is 3. The van der Waals surface area contributed by atoms with Gasteiger partial charge in [0.05, 0.1) is 15.5 Å². The highest BCUT2D eigenvalue weighted by Crippen LogP contribution is 2.37. The average Bonchev–Trinajstić information content (AvgIpc) is 2.80. The summed E-state index contributed by atoms with van der Waals surface area (Å²) >= 11 is 5.49. The fourth-order valence-corrected chi connectivity index (χ4v) is 4.52. The van der Waals surface area contributed by atoms with Gasteiger partial charge in [0.2, 0.25) is 10.0 Å². The molecule has 1 aromatic rings. The molecule has 0 aromatic heterocycles. The summed E-state index contributed by atoms with van der Waals surface area (Å²) in [4.78, 5) is 23.2. The number of imide groups is 1. The molecule has 7 nitrogen and oxygen atoms in total. The Morgan fingerprint density at radius 3 is 2.42 bits per heavy atom. The Balaban J connectivity index is 1.71. The number of cyclic esters (lactones) is 1. The fourth-order valence-electron chi connectivity index (χ4n) is 2.68. The van der Waals surface area contributed by atoms with Crippen LogP contribution in [-0.2, 0) is 25.7 Å². The number of rotatable bonds is 4. The molecule has 12 heteroatoms. The molecule has 26 heavy (non-hydrogen) atoms. The summed E-state index contributed by atoms with van der Waals surface area (Å²) < 4.78 is 69.2. The van der Waals surface area contributed by atoms with Gasteiger partial charge in [-0.05, 0) is 18.2 Å². The molecule has 0 bridgehead atoms. The van der Waals surface area contributed by atoms with Crippen LogP contribution in [-0.4, -0.2) is 55.9 Å². The van der Waals surface area contributed by atoms with E-state index in [4.69, 9.17) is 11.6 Å². The maximum atomic E-state index is 12.9. The molecule has 3 rings (SSSR count). The maximum absolute atomic E-state index is 12.9. The summed E-state index contributed by atoms with van der Waals surface area (Å²) in [6.07, 6.45) is -5.57. The van der Waals surface area contributed by atoms with Gasteiger partial charge in [0, 0.05) is 25.6 Å². The van der Waals surface area contributed by atoms with Gasteiger partial charge in [-0.25, -0.2) is 18.1 Å². The highest BCUT2D eigenvalue weighted by Gasteiger charge is 2.42. The lowest BCUT2D eigenvalue weighted by Gasteiger charge is -2.39. The average molecular weight is 413 g/mol. The molecule has 1 aromatic carbocycles. The number of benzene rings is 1. The van der Waals surface area contributed by atoms with Crippen molar-refractivity contribution in [1.82, 2.24) is 9.21 Å². The molecule has 0 spiro atoms. The second-order valence-electron chi connectivity index (χ2n) is 5.89. The number of carbonyl (C=O) groups is 2. The number of sulfonamides is 1. The number of ether oxygens (including phenoxy) is 1. The Morgan fingerprint density at radius 2 is 1.88 bits per heavy atom. The van der Waals surface area contributed by atoms with E-state index in [1.165, 1.54) is 0 Å². The molecule has 0 saturated carbocycles. The third-order valence-electron chi connectivity index (χ3n) is 4.09. The van der Waals surface area contributed by atoms with Gasteiger partial charge in [0.25, 0.3) is 5.91 Å². The molecule has 0 N–H and O–H groups in total. The molecule has 0 aliphatic carbocycles. The van der Waals surface area contributed by atoms with Crippen molar-refractivity contribution in [3.63, 3.8) is 0 Å². The number of nitrogens with zero attached hydrogens (tertiary/aromatic N) is 2. The minimum absolute atomic E-state index is 0.00188. The van der Waals surface area contributed by atoms with Crippen molar-refractivity contribution in [3.05, 3.63) is 28.8 Å². The molecule has 2 aliphatic rings. The Kier molecular flexibility index (Phi) is 4.65. The van der Waals surface area contributed by atoms with Crippen LogP contribution in [0.25, 0.3) is 0 Å². The van der Waals surface area contributed by atoms with Crippen LogP contribution in [0.2, 0.25) is 5.02 Å². The zero-order chi connectivity index (χ0) is 19.3. The van der Waals surface area contributed by atoms with Crippen LogP contribution < -0.4 is 0 Å². The highest BCUT2D eigenvalue weighted by atomic mass is 35.5. The van der Waals surface area contributed by atoms with Crippen LogP contribution in [0.4, 0.5) is 18.0 Å². The van der Waals surface area contributed by atoms with Crippen LogP contribution in [0.1, 0.15) is 5.56 Å². The standard InChI is InChI=1S/C14H12ClF3N2O5S/c15-11-2-1-9(3-10(11)14(16,17)18)26(23,24)19-4-8(5-19)6-20-12(21)7-25-13(20)22/h1-3,8H,4-7H2. The zero-order valence-corrected chi connectivity index (χ0v) is 14.6. The molecular weight excluding hydrogens is 401 g/mol. The first kappa shape index (κ1) is 18.9. The minimum Gasteiger partial charge on any atom is -0.439 e. The lowest BCUT2D eigenvalue weighted by Crippen LogP contribution is -2.54. The van der Waals surface area contributed by atoms with Gasteiger partial charge < -0.3 is 4.74 Å². The van der Waals surface area contributed by atoms with Crippen LogP contribution in [0.5, 0.6) is 0 Å². The zero-order valence-electron chi connectivity index (χ0n) is 13.0. The number of hydrogen-bond acceptors (Lipinski definition) is 5. The monoisotopic (exact) mass is 412 g/mol. The molecule has 2 heterocycles. The summed E-state index contributed by atoms with van der Waals surface area (Å²) in [5.41, 5.74) is -1.23. The molecule has 2 saturated heterocycles. The van der Waals surface area contributed by atoms with E-state index in [0.29, 0.717) is 6.07 Å². The van der Waals surface area contributed by atoms with Crippen molar-refractivity contribution in [2.24, 2.45) is 5.92 Å².